The van der Waals surface area contributed by atoms with Crippen LogP contribution in [0.25, 0.3) is 0 Å². The number of benzene rings is 1. The number of alkyl halides is 1. The number of rotatable bonds is 6. The maximum Gasteiger partial charge on any atom is 0.317 e. The van der Waals surface area contributed by atoms with Crippen molar-refractivity contribution < 1.29 is 29.3 Å². The third kappa shape index (κ3) is 4.99. The predicted molar refractivity (Wildman–Crippen MR) is 110 cm³/mol. The second-order valence-corrected chi connectivity index (χ2v) is 8.86. The van der Waals surface area contributed by atoms with Gasteiger partial charge in [0.25, 0.3) is 0 Å². The first-order chi connectivity index (χ1) is 13.9. The number of hydrogen-bond acceptors (Lipinski definition) is 6. The van der Waals surface area contributed by atoms with Crippen molar-refractivity contribution in [1.29, 1.82) is 0 Å². The summed E-state index contributed by atoms with van der Waals surface area (Å²) in [5.41, 5.74) is 0.803. The number of morpholine rings is 1. The molecule has 3 aliphatic heterocycles. The summed E-state index contributed by atoms with van der Waals surface area (Å²) < 4.78 is 11.4. The Hall–Kier alpha value is -1.48. The molecule has 160 valence electrons. The molecule has 6 unspecified atom stereocenters. The number of fused-ring (bicyclic) bond motifs is 5. The Morgan fingerprint density at radius 2 is 1.83 bits per heavy atom. The number of carbonyl (C=O) groups is 2. The minimum Gasteiger partial charge on any atom is -0.480 e. The van der Waals surface area contributed by atoms with E-state index in [2.05, 4.69) is 27.9 Å². The number of esters is 1. The van der Waals surface area contributed by atoms with Crippen LogP contribution < -0.4 is 0 Å². The zero-order valence-electron chi connectivity index (χ0n) is 16.6. The maximum absolute atomic E-state index is 12.4. The summed E-state index contributed by atoms with van der Waals surface area (Å²) in [6.07, 6.45) is 2.89. The Morgan fingerprint density at radius 1 is 1.24 bits per heavy atom. The van der Waals surface area contributed by atoms with E-state index in [1.807, 2.05) is 37.3 Å². The first-order valence-corrected chi connectivity index (χ1v) is 10.9. The molecule has 0 spiro atoms. The third-order valence-electron chi connectivity index (χ3n) is 5.95. The molecule has 6 atom stereocenters. The molecule has 1 aromatic rings. The van der Waals surface area contributed by atoms with Gasteiger partial charge in [-0.2, -0.15) is 0 Å². The number of aliphatic carboxylic acids is 1. The van der Waals surface area contributed by atoms with Gasteiger partial charge in [-0.1, -0.05) is 53.2 Å². The van der Waals surface area contributed by atoms with Crippen LogP contribution in [0.3, 0.4) is 0 Å². The molecule has 0 radical (unpaired) electrons. The monoisotopic (exact) mass is 469 g/mol. The van der Waals surface area contributed by atoms with Crippen molar-refractivity contribution in [1.82, 2.24) is 4.90 Å². The number of aliphatic hydroxyl groups is 1. The summed E-state index contributed by atoms with van der Waals surface area (Å²) in [6.45, 7) is 1.59. The summed E-state index contributed by atoms with van der Waals surface area (Å²) in [7, 11) is 2.13. The van der Waals surface area contributed by atoms with Crippen molar-refractivity contribution in [3.8, 4) is 0 Å². The predicted octanol–water partition coefficient (Wildman–Crippen LogP) is 2.16. The summed E-state index contributed by atoms with van der Waals surface area (Å²) in [5.74, 6) is -1.70. The van der Waals surface area contributed by atoms with Gasteiger partial charge >= 0.3 is 11.9 Å². The van der Waals surface area contributed by atoms with Gasteiger partial charge in [0.2, 0.25) is 0 Å². The van der Waals surface area contributed by atoms with Crippen molar-refractivity contribution in [2.75, 3.05) is 13.7 Å². The fraction of sp³-hybridized carbons (Fsp3) is 0.619. The van der Waals surface area contributed by atoms with E-state index in [0.717, 1.165) is 18.4 Å². The molecule has 29 heavy (non-hydrogen) atoms. The molecule has 3 fully saturated rings. The lowest BCUT2D eigenvalue weighted by Gasteiger charge is -2.38. The minimum absolute atomic E-state index is 0.0622. The number of carboxylic acid groups (broad SMARTS) is 1. The lowest BCUT2D eigenvalue weighted by Crippen LogP contribution is -2.48. The van der Waals surface area contributed by atoms with E-state index >= 15 is 0 Å². The lowest BCUT2D eigenvalue weighted by atomic mass is 9.97. The van der Waals surface area contributed by atoms with Gasteiger partial charge in [0.15, 0.2) is 0 Å². The summed E-state index contributed by atoms with van der Waals surface area (Å²) in [5, 5.41) is 17.7. The Morgan fingerprint density at radius 3 is 2.28 bits per heavy atom. The Balaban J connectivity index is 0.000000298. The number of epoxide rings is 1. The molecule has 0 aromatic heterocycles. The van der Waals surface area contributed by atoms with E-state index in [4.69, 9.17) is 14.6 Å². The van der Waals surface area contributed by atoms with Crippen molar-refractivity contribution in [2.45, 2.75) is 67.3 Å². The largest absolute Gasteiger partial charge is 0.480 e. The highest BCUT2D eigenvalue weighted by atomic mass is 79.9. The normalized spacial score (nSPS) is 31.7. The third-order valence-corrected chi connectivity index (χ3v) is 6.99. The molecule has 0 aliphatic carbocycles. The number of hydrogen-bond donors (Lipinski definition) is 2. The van der Waals surface area contributed by atoms with Crippen LogP contribution in [0.2, 0.25) is 0 Å². The van der Waals surface area contributed by atoms with E-state index in [-0.39, 0.29) is 23.5 Å². The number of carboxylic acids is 1. The highest BCUT2D eigenvalue weighted by molar-refractivity contribution is 9.10. The number of aliphatic hydroxyl groups excluding tert-OH is 1. The molecule has 7 nitrogen and oxygen atoms in total. The van der Waals surface area contributed by atoms with Crippen molar-refractivity contribution in [3.63, 3.8) is 0 Å². The number of ether oxygens (including phenoxy) is 2. The smallest absolute Gasteiger partial charge is 0.317 e. The standard InChI is InChI=1S/C17H21NO4.C4H7BrO2/c1-18-13-7-11(8-14(18)16-15(13)22-16)21-17(20)12(9-19)10-5-3-2-4-6-10;1-2-3(5)4(6)7/h2-6,11-16,19H,7-9H2,1H3;3H,2H2,1H3,(H,6,7). The van der Waals surface area contributed by atoms with Gasteiger partial charge in [0.1, 0.15) is 29.1 Å². The van der Waals surface area contributed by atoms with Crippen molar-refractivity contribution >= 4 is 27.9 Å². The fourth-order valence-electron chi connectivity index (χ4n) is 4.22. The van der Waals surface area contributed by atoms with Crippen LogP contribution in [-0.2, 0) is 19.1 Å². The molecule has 1 aromatic carbocycles. The molecule has 2 N–H and O–H groups in total. The topological polar surface area (TPSA) is 99.6 Å². The highest BCUT2D eigenvalue weighted by Gasteiger charge is 2.62. The number of carbonyl (C=O) groups excluding carboxylic acids is 1. The van der Waals surface area contributed by atoms with Gasteiger partial charge in [-0.25, -0.2) is 0 Å². The van der Waals surface area contributed by atoms with Crippen LogP contribution in [0.4, 0.5) is 0 Å². The van der Waals surface area contributed by atoms with Crippen LogP contribution in [0, 0.1) is 0 Å². The SMILES string of the molecule is CCC(Br)C(=O)O.CN1C2CC(OC(=O)C(CO)c3ccccc3)CC1C1OC12. The van der Waals surface area contributed by atoms with Gasteiger partial charge in [-0.3, -0.25) is 14.5 Å². The van der Waals surface area contributed by atoms with Gasteiger partial charge in [0, 0.05) is 24.9 Å². The molecule has 0 amide bonds. The molecule has 8 heteroatoms. The van der Waals surface area contributed by atoms with Gasteiger partial charge < -0.3 is 19.7 Å². The molecule has 4 rings (SSSR count). The Bertz CT molecular complexity index is 698. The van der Waals surface area contributed by atoms with E-state index < -0.39 is 11.9 Å². The maximum atomic E-state index is 12.4. The lowest BCUT2D eigenvalue weighted by molar-refractivity contribution is -0.156. The van der Waals surface area contributed by atoms with Gasteiger partial charge in [-0.15, -0.1) is 0 Å². The van der Waals surface area contributed by atoms with Crippen LogP contribution in [0.5, 0.6) is 0 Å². The summed E-state index contributed by atoms with van der Waals surface area (Å²) in [4.78, 5) is 24.3. The van der Waals surface area contributed by atoms with Gasteiger partial charge in [-0.05, 0) is 19.0 Å². The molecular formula is C21H28BrNO6. The molecule has 3 heterocycles. The first kappa shape index (κ1) is 22.2. The van der Waals surface area contributed by atoms with E-state index in [0.29, 0.717) is 30.7 Å². The molecule has 3 aliphatic rings. The number of piperidine rings is 1. The molecular weight excluding hydrogens is 442 g/mol. The second kappa shape index (κ2) is 9.55. The van der Waals surface area contributed by atoms with Crippen molar-refractivity contribution in [2.24, 2.45) is 0 Å². The van der Waals surface area contributed by atoms with Crippen LogP contribution in [0.15, 0.2) is 30.3 Å². The quantitative estimate of drug-likeness (QED) is 0.374. The van der Waals surface area contributed by atoms with Crippen LogP contribution >= 0.6 is 15.9 Å². The average molecular weight is 470 g/mol. The second-order valence-electron chi connectivity index (χ2n) is 7.76. The Labute approximate surface area is 179 Å². The van der Waals surface area contributed by atoms with E-state index in [9.17, 15) is 14.7 Å². The highest BCUT2D eigenvalue weighted by Crippen LogP contribution is 2.48. The summed E-state index contributed by atoms with van der Waals surface area (Å²) >= 11 is 2.94. The minimum atomic E-state index is -0.789. The number of nitrogens with zero attached hydrogens (tertiary/aromatic N) is 1. The van der Waals surface area contributed by atoms with Crippen LogP contribution in [0.1, 0.15) is 37.7 Å². The molecule has 0 saturated carbocycles. The molecule has 3 saturated heterocycles. The zero-order valence-corrected chi connectivity index (χ0v) is 18.2. The number of likely N-dealkylation sites (N-methyl/N-ethyl adjacent to an activating group) is 1. The zero-order chi connectivity index (χ0) is 21.1. The first-order valence-electron chi connectivity index (χ1n) is 9.97. The van der Waals surface area contributed by atoms with E-state index in [1.165, 1.54) is 0 Å². The number of halogens is 1. The average Bonchev–Trinajstić information content (AvgIpc) is 3.47. The Kier molecular flexibility index (Phi) is 7.32. The van der Waals surface area contributed by atoms with Gasteiger partial charge in [0.05, 0.1) is 6.61 Å². The summed E-state index contributed by atoms with van der Waals surface area (Å²) in [6, 6.07) is 10.1. The van der Waals surface area contributed by atoms with Crippen molar-refractivity contribution in [3.05, 3.63) is 35.9 Å². The molecule has 2 bridgehead atoms. The van der Waals surface area contributed by atoms with E-state index in [1.54, 1.807) is 0 Å². The van der Waals surface area contributed by atoms with Crippen LogP contribution in [-0.4, -0.2) is 75.9 Å². The fourth-order valence-corrected chi connectivity index (χ4v) is 4.22.